The molecule has 5 nitrogen and oxygen atoms in total. The Kier molecular flexibility index (Phi) is 5.55. The predicted octanol–water partition coefficient (Wildman–Crippen LogP) is 1.35. The highest BCUT2D eigenvalue weighted by molar-refractivity contribution is 7.13. The van der Waals surface area contributed by atoms with E-state index in [1.54, 1.807) is 17.4 Å². The molecule has 2 heterocycles. The van der Waals surface area contributed by atoms with Gasteiger partial charge < -0.3 is 10.2 Å². The molecule has 1 aliphatic rings. The third-order valence-electron chi connectivity index (χ3n) is 3.57. The lowest BCUT2D eigenvalue weighted by atomic mass is 10.2. The van der Waals surface area contributed by atoms with Crippen LogP contribution in [-0.4, -0.2) is 54.6 Å². The number of nitrogens with one attached hydrogen (secondary N) is 1. The average molecular weight is 294 g/mol. The van der Waals surface area contributed by atoms with Gasteiger partial charge in [-0.15, -0.1) is 17.9 Å². The molecule has 0 radical (unpaired) electrons. The van der Waals surface area contributed by atoms with Gasteiger partial charge in [0.25, 0.3) is 0 Å². The third kappa shape index (κ3) is 3.80. The van der Waals surface area contributed by atoms with E-state index in [1.807, 2.05) is 18.5 Å². The molecule has 1 atom stereocenters. The van der Waals surface area contributed by atoms with E-state index in [-0.39, 0.29) is 11.9 Å². The maximum atomic E-state index is 12.0. The van der Waals surface area contributed by atoms with Crippen molar-refractivity contribution in [1.82, 2.24) is 15.2 Å². The molecule has 0 aliphatic carbocycles. The summed E-state index contributed by atoms with van der Waals surface area (Å²) in [5.74, 6) is 0.0765. The zero-order chi connectivity index (χ0) is 14.4. The fourth-order valence-corrected chi connectivity index (χ4v) is 3.07. The number of rotatable bonds is 5. The smallest absolute Gasteiger partial charge is 0.237 e. The van der Waals surface area contributed by atoms with Crippen molar-refractivity contribution < 1.29 is 4.79 Å². The van der Waals surface area contributed by atoms with Crippen LogP contribution in [0.25, 0.3) is 0 Å². The van der Waals surface area contributed by atoms with Crippen molar-refractivity contribution in [2.24, 2.45) is 0 Å². The standard InChI is InChI=1S/C14H22N4OS/c1-3-5-15-13(19)12(2)17-7-4-8-18(10-9-17)14-16-6-11-20-14/h3,6,11-12H,1,4-5,7-10H2,2H3,(H,15,19)/t12-/m1/s1. The fourth-order valence-electron chi connectivity index (χ4n) is 2.37. The molecule has 0 saturated carbocycles. The van der Waals surface area contributed by atoms with Crippen LogP contribution < -0.4 is 10.2 Å². The maximum Gasteiger partial charge on any atom is 0.237 e. The molecule has 1 amide bonds. The number of carbonyl (C=O) groups is 1. The minimum absolute atomic E-state index is 0.0765. The lowest BCUT2D eigenvalue weighted by Crippen LogP contribution is -2.46. The van der Waals surface area contributed by atoms with E-state index < -0.39 is 0 Å². The molecule has 1 N–H and O–H groups in total. The van der Waals surface area contributed by atoms with Crippen molar-refractivity contribution in [2.45, 2.75) is 19.4 Å². The van der Waals surface area contributed by atoms with Crippen LogP contribution in [0.1, 0.15) is 13.3 Å². The van der Waals surface area contributed by atoms with Gasteiger partial charge in [-0.2, -0.15) is 0 Å². The molecule has 1 saturated heterocycles. The second kappa shape index (κ2) is 7.40. The molecule has 1 aliphatic heterocycles. The molecule has 1 aromatic rings. The summed E-state index contributed by atoms with van der Waals surface area (Å²) in [5, 5.41) is 5.95. The Hall–Kier alpha value is -1.40. The van der Waals surface area contributed by atoms with Gasteiger partial charge in [-0.3, -0.25) is 9.69 Å². The normalized spacial score (nSPS) is 18.4. The van der Waals surface area contributed by atoms with Gasteiger partial charge in [-0.05, 0) is 13.3 Å². The van der Waals surface area contributed by atoms with Gasteiger partial charge in [0.05, 0.1) is 6.04 Å². The number of thiazole rings is 1. The number of amides is 1. The minimum Gasteiger partial charge on any atom is -0.351 e. The SMILES string of the molecule is C=CCNC(=O)[C@@H](C)N1CCCN(c2nccs2)CC1. The van der Waals surface area contributed by atoms with Crippen molar-refractivity contribution in [2.75, 3.05) is 37.6 Å². The summed E-state index contributed by atoms with van der Waals surface area (Å²) in [6.07, 6.45) is 4.60. The van der Waals surface area contributed by atoms with Gasteiger partial charge >= 0.3 is 0 Å². The Balaban J connectivity index is 1.88. The molecule has 0 spiro atoms. The van der Waals surface area contributed by atoms with Crippen LogP contribution in [0, 0.1) is 0 Å². The highest BCUT2D eigenvalue weighted by Gasteiger charge is 2.24. The Morgan fingerprint density at radius 2 is 2.40 bits per heavy atom. The second-order valence-corrected chi connectivity index (χ2v) is 5.77. The molecule has 1 aromatic heterocycles. The topological polar surface area (TPSA) is 48.5 Å². The van der Waals surface area contributed by atoms with Crippen LogP contribution in [0.4, 0.5) is 5.13 Å². The highest BCUT2D eigenvalue weighted by atomic mass is 32.1. The lowest BCUT2D eigenvalue weighted by molar-refractivity contribution is -0.125. The van der Waals surface area contributed by atoms with Gasteiger partial charge in [0, 0.05) is 44.3 Å². The molecule has 0 bridgehead atoms. The van der Waals surface area contributed by atoms with Crippen molar-refractivity contribution in [3.8, 4) is 0 Å². The quantitative estimate of drug-likeness (QED) is 0.833. The first-order valence-electron chi connectivity index (χ1n) is 6.99. The van der Waals surface area contributed by atoms with E-state index in [0.717, 1.165) is 37.7 Å². The zero-order valence-corrected chi connectivity index (χ0v) is 12.7. The van der Waals surface area contributed by atoms with Crippen LogP contribution in [0.5, 0.6) is 0 Å². The fraction of sp³-hybridized carbons (Fsp3) is 0.571. The molecular weight excluding hydrogens is 272 g/mol. The number of hydrogen-bond donors (Lipinski definition) is 1. The van der Waals surface area contributed by atoms with Crippen LogP contribution in [0.2, 0.25) is 0 Å². The molecular formula is C14H22N4OS. The molecule has 1 fully saturated rings. The zero-order valence-electron chi connectivity index (χ0n) is 11.9. The van der Waals surface area contributed by atoms with Crippen LogP contribution >= 0.6 is 11.3 Å². The summed E-state index contributed by atoms with van der Waals surface area (Å²) >= 11 is 1.67. The monoisotopic (exact) mass is 294 g/mol. The summed E-state index contributed by atoms with van der Waals surface area (Å²) in [5.41, 5.74) is 0. The Labute approximate surface area is 124 Å². The number of anilines is 1. The van der Waals surface area contributed by atoms with Gasteiger partial charge in [0.1, 0.15) is 0 Å². The molecule has 20 heavy (non-hydrogen) atoms. The Morgan fingerprint density at radius 3 is 3.10 bits per heavy atom. The summed E-state index contributed by atoms with van der Waals surface area (Å²) in [6, 6.07) is -0.0915. The van der Waals surface area contributed by atoms with E-state index in [9.17, 15) is 4.79 Å². The van der Waals surface area contributed by atoms with Gasteiger partial charge in [0.2, 0.25) is 5.91 Å². The van der Waals surface area contributed by atoms with Gasteiger partial charge in [0.15, 0.2) is 5.13 Å². The first-order valence-corrected chi connectivity index (χ1v) is 7.87. The largest absolute Gasteiger partial charge is 0.351 e. The Morgan fingerprint density at radius 1 is 1.55 bits per heavy atom. The van der Waals surface area contributed by atoms with E-state index in [1.165, 1.54) is 0 Å². The first kappa shape index (κ1) is 15.0. The van der Waals surface area contributed by atoms with Crippen LogP contribution in [-0.2, 0) is 4.79 Å². The molecule has 0 unspecified atom stereocenters. The van der Waals surface area contributed by atoms with E-state index in [4.69, 9.17) is 0 Å². The first-order chi connectivity index (χ1) is 9.72. The van der Waals surface area contributed by atoms with Crippen molar-refractivity contribution in [1.29, 1.82) is 0 Å². The van der Waals surface area contributed by atoms with E-state index in [2.05, 4.69) is 26.7 Å². The molecule has 2 rings (SSSR count). The number of nitrogens with zero attached hydrogens (tertiary/aromatic N) is 3. The predicted molar refractivity (Wildman–Crippen MR) is 83.2 cm³/mol. The second-order valence-electron chi connectivity index (χ2n) is 4.90. The van der Waals surface area contributed by atoms with E-state index in [0.29, 0.717) is 6.54 Å². The molecule has 110 valence electrons. The summed E-state index contributed by atoms with van der Waals surface area (Å²) in [7, 11) is 0. The minimum atomic E-state index is -0.0915. The maximum absolute atomic E-state index is 12.0. The van der Waals surface area contributed by atoms with Crippen molar-refractivity contribution in [3.63, 3.8) is 0 Å². The lowest BCUT2D eigenvalue weighted by Gasteiger charge is -2.26. The van der Waals surface area contributed by atoms with Gasteiger partial charge in [-0.25, -0.2) is 4.98 Å². The highest BCUT2D eigenvalue weighted by Crippen LogP contribution is 2.19. The molecule has 6 heteroatoms. The van der Waals surface area contributed by atoms with Crippen molar-refractivity contribution in [3.05, 3.63) is 24.2 Å². The number of aromatic nitrogens is 1. The van der Waals surface area contributed by atoms with Crippen LogP contribution in [0.15, 0.2) is 24.2 Å². The van der Waals surface area contributed by atoms with Crippen LogP contribution in [0.3, 0.4) is 0 Å². The van der Waals surface area contributed by atoms with E-state index >= 15 is 0 Å². The summed E-state index contributed by atoms with van der Waals surface area (Å²) in [6.45, 7) is 9.89. The Bertz CT molecular complexity index is 434. The number of carbonyl (C=O) groups excluding carboxylic acids is 1. The van der Waals surface area contributed by atoms with Gasteiger partial charge in [-0.1, -0.05) is 6.08 Å². The average Bonchev–Trinajstić information content (AvgIpc) is 2.88. The summed E-state index contributed by atoms with van der Waals surface area (Å²) in [4.78, 5) is 20.9. The van der Waals surface area contributed by atoms with Crippen molar-refractivity contribution >= 4 is 22.4 Å². The molecule has 0 aromatic carbocycles. The number of hydrogen-bond acceptors (Lipinski definition) is 5. The summed E-state index contributed by atoms with van der Waals surface area (Å²) < 4.78 is 0. The third-order valence-corrected chi connectivity index (χ3v) is 4.40.